The molecule has 3 aromatic rings. The molecule has 2 aromatic carbocycles. The molecule has 2 aliphatic rings. The van der Waals surface area contributed by atoms with E-state index in [1.807, 2.05) is 54.6 Å². The molecule has 5 rings (SSSR count). The summed E-state index contributed by atoms with van der Waals surface area (Å²) in [5.41, 5.74) is 3.93. The first kappa shape index (κ1) is 19.4. The number of carbonyl (C=O) groups is 2. The van der Waals surface area contributed by atoms with E-state index in [1.54, 1.807) is 4.90 Å². The number of benzene rings is 2. The summed E-state index contributed by atoms with van der Waals surface area (Å²) in [4.78, 5) is 31.7. The first-order valence-electron chi connectivity index (χ1n) is 10.8. The molecule has 0 spiro atoms. The second-order valence-electron chi connectivity index (χ2n) is 7.95. The van der Waals surface area contributed by atoms with Gasteiger partial charge in [0, 0.05) is 36.6 Å². The van der Waals surface area contributed by atoms with Crippen molar-refractivity contribution in [3.05, 3.63) is 66.0 Å². The minimum absolute atomic E-state index is 0.115. The molecule has 0 saturated carbocycles. The van der Waals surface area contributed by atoms with Gasteiger partial charge in [0.1, 0.15) is 11.5 Å². The molecule has 0 unspecified atom stereocenters. The van der Waals surface area contributed by atoms with Crippen LogP contribution in [0.1, 0.15) is 35.4 Å². The highest BCUT2D eigenvalue weighted by Gasteiger charge is 2.25. The second kappa shape index (κ2) is 8.26. The Labute approximate surface area is 181 Å². The Bertz CT molecular complexity index is 1120. The van der Waals surface area contributed by atoms with Gasteiger partial charge in [-0.15, -0.1) is 0 Å². The van der Waals surface area contributed by atoms with Gasteiger partial charge in [0.25, 0.3) is 5.91 Å². The molecule has 7 nitrogen and oxygen atoms in total. The molecular formula is C24H25N5O2. The van der Waals surface area contributed by atoms with Gasteiger partial charge in [-0.3, -0.25) is 9.69 Å². The third-order valence-electron chi connectivity index (χ3n) is 5.89. The molecule has 1 fully saturated rings. The van der Waals surface area contributed by atoms with Gasteiger partial charge >= 0.3 is 6.03 Å². The minimum Gasteiger partial charge on any atom is -0.336 e. The topological polar surface area (TPSA) is 79.3 Å². The Balaban J connectivity index is 1.46. The van der Waals surface area contributed by atoms with Gasteiger partial charge in [0.15, 0.2) is 0 Å². The number of nitrogens with one attached hydrogen (secondary N) is 2. The number of fused-ring (bicyclic) bond motifs is 1. The first-order valence-corrected chi connectivity index (χ1v) is 10.8. The van der Waals surface area contributed by atoms with Crippen LogP contribution in [0.5, 0.6) is 0 Å². The number of hydrogen-bond donors (Lipinski definition) is 2. The number of imidazole rings is 1. The molecule has 0 radical (unpaired) electrons. The average molecular weight is 415 g/mol. The molecule has 7 heteroatoms. The highest BCUT2D eigenvalue weighted by molar-refractivity contribution is 6.05. The fourth-order valence-corrected chi connectivity index (χ4v) is 4.37. The number of urea groups is 1. The number of aromatic nitrogens is 2. The standard InChI is InChI=1S/C24H25N5O2/c30-23(26-18-10-7-11-19(16-18)28-15-13-25-24(28)31)21-20-12-5-2-6-14-29(20)22(27-21)17-8-3-1-4-9-17/h1,3-4,7-11,16H,2,5-6,12-15H2,(H,25,31)(H,26,30). The molecule has 0 aliphatic carbocycles. The lowest BCUT2D eigenvalue weighted by Gasteiger charge is -2.15. The number of amides is 3. The zero-order chi connectivity index (χ0) is 21.2. The lowest BCUT2D eigenvalue weighted by atomic mass is 10.1. The summed E-state index contributed by atoms with van der Waals surface area (Å²) < 4.78 is 2.21. The fraction of sp³-hybridized carbons (Fsp3) is 0.292. The monoisotopic (exact) mass is 415 g/mol. The molecular weight excluding hydrogens is 390 g/mol. The van der Waals surface area contributed by atoms with E-state index in [4.69, 9.17) is 4.98 Å². The summed E-state index contributed by atoms with van der Waals surface area (Å²) in [5.74, 6) is 0.640. The summed E-state index contributed by atoms with van der Waals surface area (Å²) in [5, 5.41) is 5.80. The third kappa shape index (κ3) is 3.79. The Morgan fingerprint density at radius 3 is 2.68 bits per heavy atom. The van der Waals surface area contributed by atoms with E-state index in [-0.39, 0.29) is 11.9 Å². The van der Waals surface area contributed by atoms with Crippen molar-refractivity contribution in [2.24, 2.45) is 0 Å². The first-order chi connectivity index (χ1) is 15.2. The number of anilines is 2. The average Bonchev–Trinajstić information content (AvgIpc) is 3.30. The molecule has 0 atom stereocenters. The van der Waals surface area contributed by atoms with Crippen molar-refractivity contribution in [2.45, 2.75) is 32.2 Å². The van der Waals surface area contributed by atoms with Crippen LogP contribution in [0.2, 0.25) is 0 Å². The molecule has 3 heterocycles. The van der Waals surface area contributed by atoms with E-state index >= 15 is 0 Å². The van der Waals surface area contributed by atoms with Crippen LogP contribution in [-0.2, 0) is 13.0 Å². The van der Waals surface area contributed by atoms with Gasteiger partial charge in [-0.1, -0.05) is 42.8 Å². The fourth-order valence-electron chi connectivity index (χ4n) is 4.37. The zero-order valence-corrected chi connectivity index (χ0v) is 17.3. The third-order valence-corrected chi connectivity index (χ3v) is 5.89. The predicted molar refractivity (Wildman–Crippen MR) is 120 cm³/mol. The van der Waals surface area contributed by atoms with Crippen LogP contribution in [0, 0.1) is 0 Å². The predicted octanol–water partition coefficient (Wildman–Crippen LogP) is 4.06. The maximum absolute atomic E-state index is 13.3. The van der Waals surface area contributed by atoms with Crippen molar-refractivity contribution in [3.8, 4) is 11.4 Å². The molecule has 1 saturated heterocycles. The largest absolute Gasteiger partial charge is 0.336 e. The lowest BCUT2D eigenvalue weighted by molar-refractivity contribution is 0.102. The van der Waals surface area contributed by atoms with E-state index in [0.717, 1.165) is 55.0 Å². The molecule has 1 aromatic heterocycles. The highest BCUT2D eigenvalue weighted by Crippen LogP contribution is 2.28. The van der Waals surface area contributed by atoms with E-state index in [1.165, 1.54) is 0 Å². The van der Waals surface area contributed by atoms with E-state index in [2.05, 4.69) is 15.2 Å². The van der Waals surface area contributed by atoms with Crippen LogP contribution >= 0.6 is 0 Å². The summed E-state index contributed by atoms with van der Waals surface area (Å²) >= 11 is 0. The van der Waals surface area contributed by atoms with Crippen molar-refractivity contribution in [3.63, 3.8) is 0 Å². The van der Waals surface area contributed by atoms with Gasteiger partial charge in [-0.2, -0.15) is 0 Å². The number of hydrogen-bond acceptors (Lipinski definition) is 3. The molecule has 31 heavy (non-hydrogen) atoms. The van der Waals surface area contributed by atoms with Crippen LogP contribution in [0.3, 0.4) is 0 Å². The van der Waals surface area contributed by atoms with Crippen molar-refractivity contribution in [1.29, 1.82) is 0 Å². The number of rotatable bonds is 4. The van der Waals surface area contributed by atoms with Crippen molar-refractivity contribution in [1.82, 2.24) is 14.9 Å². The molecule has 2 N–H and O–H groups in total. The van der Waals surface area contributed by atoms with E-state index in [0.29, 0.717) is 24.5 Å². The van der Waals surface area contributed by atoms with Gasteiger partial charge in [0.2, 0.25) is 0 Å². The van der Waals surface area contributed by atoms with Crippen molar-refractivity contribution in [2.75, 3.05) is 23.3 Å². The van der Waals surface area contributed by atoms with Crippen LogP contribution in [0.25, 0.3) is 11.4 Å². The molecule has 158 valence electrons. The molecule has 3 amide bonds. The zero-order valence-electron chi connectivity index (χ0n) is 17.3. The van der Waals surface area contributed by atoms with Crippen LogP contribution in [-0.4, -0.2) is 34.6 Å². The Kier molecular flexibility index (Phi) is 5.16. The van der Waals surface area contributed by atoms with Gasteiger partial charge in [-0.05, 0) is 37.5 Å². The van der Waals surface area contributed by atoms with Gasteiger partial charge in [0.05, 0.1) is 5.69 Å². The van der Waals surface area contributed by atoms with Crippen LogP contribution < -0.4 is 15.5 Å². The minimum atomic E-state index is -0.212. The number of nitrogens with zero attached hydrogens (tertiary/aromatic N) is 3. The molecule has 2 aliphatic heterocycles. The Hall–Kier alpha value is -3.61. The SMILES string of the molecule is O=C(Nc1cccc(N2CCNC2=O)c1)c1nc(-c2ccccc2)n2c1CCCCC2. The van der Waals surface area contributed by atoms with Crippen molar-refractivity contribution < 1.29 is 9.59 Å². The van der Waals surface area contributed by atoms with Gasteiger partial charge < -0.3 is 15.2 Å². The number of carbonyl (C=O) groups excluding carboxylic acids is 2. The Morgan fingerprint density at radius 2 is 1.87 bits per heavy atom. The van der Waals surface area contributed by atoms with Crippen molar-refractivity contribution >= 4 is 23.3 Å². The quantitative estimate of drug-likeness (QED) is 0.674. The summed E-state index contributed by atoms with van der Waals surface area (Å²) in [6, 6.07) is 17.3. The Morgan fingerprint density at radius 1 is 1.00 bits per heavy atom. The summed E-state index contributed by atoms with van der Waals surface area (Å²) in [7, 11) is 0. The maximum Gasteiger partial charge on any atom is 0.321 e. The van der Waals surface area contributed by atoms with E-state index in [9.17, 15) is 9.59 Å². The maximum atomic E-state index is 13.3. The molecule has 0 bridgehead atoms. The normalized spacial score (nSPS) is 15.9. The lowest BCUT2D eigenvalue weighted by Crippen LogP contribution is -2.27. The van der Waals surface area contributed by atoms with Gasteiger partial charge in [-0.25, -0.2) is 9.78 Å². The van der Waals surface area contributed by atoms with Crippen LogP contribution in [0.4, 0.5) is 16.2 Å². The summed E-state index contributed by atoms with van der Waals surface area (Å²) in [6.45, 7) is 2.11. The highest BCUT2D eigenvalue weighted by atomic mass is 16.2. The second-order valence-corrected chi connectivity index (χ2v) is 7.95. The van der Waals surface area contributed by atoms with Crippen LogP contribution in [0.15, 0.2) is 54.6 Å². The van der Waals surface area contributed by atoms with E-state index < -0.39 is 0 Å². The smallest absolute Gasteiger partial charge is 0.321 e. The summed E-state index contributed by atoms with van der Waals surface area (Å²) in [6.07, 6.45) is 4.14.